The molecule has 0 atom stereocenters. The minimum Gasteiger partial charge on any atom is -0.467 e. The normalized spacial score (nSPS) is 16.7. The molecule has 2 N–H and O–H groups in total. The van der Waals surface area contributed by atoms with E-state index in [0.29, 0.717) is 24.4 Å². The lowest BCUT2D eigenvalue weighted by molar-refractivity contribution is 0.0613. The molecule has 0 unspecified atom stereocenters. The van der Waals surface area contributed by atoms with E-state index in [2.05, 4.69) is 0 Å². The summed E-state index contributed by atoms with van der Waals surface area (Å²) < 4.78 is 16.2. The Bertz CT molecular complexity index is 780. The van der Waals surface area contributed by atoms with Crippen LogP contribution < -0.4 is 15.2 Å². The first kappa shape index (κ1) is 17.0. The third-order valence-corrected chi connectivity index (χ3v) is 5.17. The second-order valence-electron chi connectivity index (χ2n) is 6.92. The lowest BCUT2D eigenvalue weighted by atomic mass is 9.93. The van der Waals surface area contributed by atoms with Crippen molar-refractivity contribution in [3.8, 4) is 11.5 Å². The molecule has 2 aliphatic rings. The fourth-order valence-electron chi connectivity index (χ4n) is 3.76. The molecule has 1 amide bonds. The Balaban J connectivity index is 1.58. The minimum atomic E-state index is -0.00184. The summed E-state index contributed by atoms with van der Waals surface area (Å²) >= 11 is 0. The quantitative estimate of drug-likeness (QED) is 0.888. The molecule has 2 aromatic rings. The number of nitrogens with two attached hydrogens (primary N) is 1. The highest BCUT2D eigenvalue weighted by Crippen LogP contribution is 2.34. The highest BCUT2D eigenvalue weighted by molar-refractivity contribution is 5.94. The molecule has 1 aliphatic heterocycles. The van der Waals surface area contributed by atoms with E-state index in [4.69, 9.17) is 19.6 Å². The zero-order valence-electron chi connectivity index (χ0n) is 14.8. The number of furan rings is 1. The molecule has 26 heavy (non-hydrogen) atoms. The van der Waals surface area contributed by atoms with Crippen LogP contribution in [-0.4, -0.2) is 23.6 Å². The number of benzene rings is 1. The van der Waals surface area contributed by atoms with Crippen LogP contribution in [0.5, 0.6) is 11.5 Å². The van der Waals surface area contributed by atoms with Gasteiger partial charge in [0.1, 0.15) is 12.0 Å². The first-order valence-corrected chi connectivity index (χ1v) is 9.21. The molecule has 0 bridgehead atoms. The largest absolute Gasteiger partial charge is 0.467 e. The van der Waals surface area contributed by atoms with Crippen molar-refractivity contribution < 1.29 is 18.7 Å². The van der Waals surface area contributed by atoms with Gasteiger partial charge in [-0.05, 0) is 36.6 Å². The average Bonchev–Trinajstić information content (AvgIpc) is 3.35. The van der Waals surface area contributed by atoms with Gasteiger partial charge in [0.05, 0.1) is 12.1 Å². The number of amides is 1. The topological polar surface area (TPSA) is 77.9 Å². The van der Waals surface area contributed by atoms with Crippen molar-refractivity contribution in [2.75, 3.05) is 6.79 Å². The first-order valence-electron chi connectivity index (χ1n) is 9.21. The van der Waals surface area contributed by atoms with Crippen molar-refractivity contribution in [3.63, 3.8) is 0 Å². The second kappa shape index (κ2) is 7.41. The Morgan fingerprint density at radius 3 is 2.69 bits per heavy atom. The second-order valence-corrected chi connectivity index (χ2v) is 6.92. The molecule has 1 aromatic carbocycles. The number of fused-ring (bicyclic) bond motifs is 1. The van der Waals surface area contributed by atoms with Gasteiger partial charge in [0.15, 0.2) is 11.5 Å². The molecular weight excluding hydrogens is 332 g/mol. The number of carbonyl (C=O) groups is 1. The predicted molar refractivity (Wildman–Crippen MR) is 95.9 cm³/mol. The number of nitrogens with zero attached hydrogens (tertiary/aromatic N) is 1. The van der Waals surface area contributed by atoms with Gasteiger partial charge in [-0.3, -0.25) is 4.79 Å². The Labute approximate surface area is 152 Å². The van der Waals surface area contributed by atoms with E-state index in [1.54, 1.807) is 6.07 Å². The van der Waals surface area contributed by atoms with Crippen LogP contribution in [-0.2, 0) is 13.1 Å². The van der Waals surface area contributed by atoms with Gasteiger partial charge in [-0.15, -0.1) is 0 Å². The number of ether oxygens (including phenoxy) is 2. The Morgan fingerprint density at radius 2 is 1.92 bits per heavy atom. The number of hydrogen-bond donors (Lipinski definition) is 1. The standard InChI is InChI=1S/C20H24N2O4/c21-10-17-9-15(12-24-17)20(23)22(16-4-2-1-3-5-16)11-14-6-7-18-19(8-14)26-13-25-18/h6-9,12,16H,1-5,10-11,13,21H2. The van der Waals surface area contributed by atoms with Crippen molar-refractivity contribution in [3.05, 3.63) is 47.4 Å². The van der Waals surface area contributed by atoms with E-state index in [9.17, 15) is 4.79 Å². The Kier molecular flexibility index (Phi) is 4.84. The molecule has 2 heterocycles. The maximum absolute atomic E-state index is 13.2. The molecule has 1 saturated carbocycles. The molecule has 1 aliphatic carbocycles. The number of carbonyl (C=O) groups excluding carboxylic acids is 1. The highest BCUT2D eigenvalue weighted by Gasteiger charge is 2.28. The summed E-state index contributed by atoms with van der Waals surface area (Å²) in [5.41, 5.74) is 7.22. The van der Waals surface area contributed by atoms with Gasteiger partial charge in [0.25, 0.3) is 5.91 Å². The summed E-state index contributed by atoms with van der Waals surface area (Å²) in [6, 6.07) is 7.87. The van der Waals surface area contributed by atoms with Crippen LogP contribution in [0.1, 0.15) is 53.8 Å². The summed E-state index contributed by atoms with van der Waals surface area (Å²) in [6.07, 6.45) is 7.16. The first-order chi connectivity index (χ1) is 12.7. The monoisotopic (exact) mass is 356 g/mol. The summed E-state index contributed by atoms with van der Waals surface area (Å²) in [4.78, 5) is 15.2. The van der Waals surface area contributed by atoms with Gasteiger partial charge < -0.3 is 24.5 Å². The van der Waals surface area contributed by atoms with Gasteiger partial charge >= 0.3 is 0 Å². The zero-order chi connectivity index (χ0) is 17.9. The lowest BCUT2D eigenvalue weighted by Gasteiger charge is -2.34. The average molecular weight is 356 g/mol. The summed E-state index contributed by atoms with van der Waals surface area (Å²) in [5, 5.41) is 0. The Morgan fingerprint density at radius 1 is 1.12 bits per heavy atom. The lowest BCUT2D eigenvalue weighted by Crippen LogP contribution is -2.40. The van der Waals surface area contributed by atoms with Crippen molar-refractivity contribution in [1.82, 2.24) is 4.90 Å². The van der Waals surface area contributed by atoms with E-state index >= 15 is 0 Å². The van der Waals surface area contributed by atoms with Gasteiger partial charge in [0, 0.05) is 12.6 Å². The molecule has 6 heteroatoms. The van der Waals surface area contributed by atoms with Crippen LogP contribution in [0, 0.1) is 0 Å². The predicted octanol–water partition coefficient (Wildman–Crippen LogP) is 3.44. The maximum Gasteiger partial charge on any atom is 0.257 e. The molecule has 4 rings (SSSR count). The van der Waals surface area contributed by atoms with Crippen LogP contribution in [0.25, 0.3) is 0 Å². The summed E-state index contributed by atoms with van der Waals surface area (Å²) in [6.45, 7) is 1.09. The number of hydrogen-bond acceptors (Lipinski definition) is 5. The van der Waals surface area contributed by atoms with E-state index in [0.717, 1.165) is 42.7 Å². The van der Waals surface area contributed by atoms with Gasteiger partial charge in [-0.25, -0.2) is 0 Å². The fourth-order valence-corrected chi connectivity index (χ4v) is 3.76. The van der Waals surface area contributed by atoms with Crippen LogP contribution >= 0.6 is 0 Å². The van der Waals surface area contributed by atoms with E-state index in [1.165, 1.54) is 12.7 Å². The van der Waals surface area contributed by atoms with E-state index in [1.807, 2.05) is 23.1 Å². The number of rotatable bonds is 5. The van der Waals surface area contributed by atoms with Crippen LogP contribution in [0.15, 0.2) is 34.9 Å². The Hall–Kier alpha value is -2.47. The molecule has 1 aromatic heterocycles. The molecule has 0 saturated heterocycles. The minimum absolute atomic E-state index is 0.00184. The third kappa shape index (κ3) is 3.42. The van der Waals surface area contributed by atoms with Gasteiger partial charge in [0.2, 0.25) is 6.79 Å². The molecule has 0 radical (unpaired) electrons. The summed E-state index contributed by atoms with van der Waals surface area (Å²) in [5.74, 6) is 2.12. The molecule has 1 fully saturated rings. The molecular formula is C20H24N2O4. The summed E-state index contributed by atoms with van der Waals surface area (Å²) in [7, 11) is 0. The molecule has 6 nitrogen and oxygen atoms in total. The van der Waals surface area contributed by atoms with E-state index in [-0.39, 0.29) is 18.7 Å². The molecule has 138 valence electrons. The van der Waals surface area contributed by atoms with Gasteiger partial charge in [-0.1, -0.05) is 25.3 Å². The van der Waals surface area contributed by atoms with E-state index < -0.39 is 0 Å². The van der Waals surface area contributed by atoms with Crippen molar-refractivity contribution >= 4 is 5.91 Å². The van der Waals surface area contributed by atoms with Crippen LogP contribution in [0.4, 0.5) is 0 Å². The maximum atomic E-state index is 13.2. The highest BCUT2D eigenvalue weighted by atomic mass is 16.7. The third-order valence-electron chi connectivity index (χ3n) is 5.17. The van der Waals surface area contributed by atoms with Crippen LogP contribution in [0.2, 0.25) is 0 Å². The SMILES string of the molecule is NCc1cc(C(=O)N(Cc2ccc3c(c2)OCO3)C2CCCCC2)co1. The van der Waals surface area contributed by atoms with Crippen molar-refractivity contribution in [1.29, 1.82) is 0 Å². The van der Waals surface area contributed by atoms with Crippen molar-refractivity contribution in [2.24, 2.45) is 5.73 Å². The fraction of sp³-hybridized carbons (Fsp3) is 0.450. The van der Waals surface area contributed by atoms with Crippen LogP contribution in [0.3, 0.4) is 0 Å². The zero-order valence-corrected chi connectivity index (χ0v) is 14.8. The van der Waals surface area contributed by atoms with Gasteiger partial charge in [-0.2, -0.15) is 0 Å². The smallest absolute Gasteiger partial charge is 0.257 e. The van der Waals surface area contributed by atoms with Crippen molar-refractivity contribution in [2.45, 2.75) is 51.2 Å². The molecule has 0 spiro atoms.